The lowest BCUT2D eigenvalue weighted by atomic mass is 9.69. The number of nitrogens with zero attached hydrogens (tertiary/aromatic N) is 1. The Labute approximate surface area is 125 Å². The summed E-state index contributed by atoms with van der Waals surface area (Å²) in [6.45, 7) is 6.44. The molecule has 1 aliphatic rings. The van der Waals surface area contributed by atoms with Crippen LogP contribution in [0.25, 0.3) is 0 Å². The number of nitrogens with two attached hydrogens (primary N) is 1. The monoisotopic (exact) mass is 300 g/mol. The van der Waals surface area contributed by atoms with Crippen LogP contribution in [0.3, 0.4) is 0 Å². The summed E-state index contributed by atoms with van der Waals surface area (Å²) in [5.74, 6) is 0. The lowest BCUT2D eigenvalue weighted by Crippen LogP contribution is -2.54. The van der Waals surface area contributed by atoms with Gasteiger partial charge in [0, 0.05) is 23.5 Å². The molecule has 0 aromatic carbocycles. The van der Waals surface area contributed by atoms with Crippen molar-refractivity contribution in [2.45, 2.75) is 51.6 Å². The van der Waals surface area contributed by atoms with Crippen molar-refractivity contribution in [3.05, 3.63) is 21.3 Å². The van der Waals surface area contributed by atoms with Gasteiger partial charge in [0.2, 0.25) is 0 Å². The molecule has 1 heterocycles. The molecule has 4 heteroatoms. The number of rotatable bonds is 4. The molecule has 0 bridgehead atoms. The molecule has 2 nitrogen and oxygen atoms in total. The van der Waals surface area contributed by atoms with E-state index in [2.05, 4.69) is 31.9 Å². The van der Waals surface area contributed by atoms with Gasteiger partial charge in [0.25, 0.3) is 0 Å². The normalized spacial score (nSPS) is 21.8. The van der Waals surface area contributed by atoms with Gasteiger partial charge >= 0.3 is 0 Å². The topological polar surface area (TPSA) is 29.3 Å². The Morgan fingerprint density at radius 3 is 2.37 bits per heavy atom. The third kappa shape index (κ3) is 3.52. The van der Waals surface area contributed by atoms with E-state index < -0.39 is 0 Å². The highest BCUT2D eigenvalue weighted by Crippen LogP contribution is 2.42. The Kier molecular flexibility index (Phi) is 4.61. The Morgan fingerprint density at radius 1 is 1.26 bits per heavy atom. The molecule has 0 radical (unpaired) electrons. The van der Waals surface area contributed by atoms with E-state index in [0.29, 0.717) is 5.41 Å². The van der Waals surface area contributed by atoms with Gasteiger partial charge in [-0.15, -0.1) is 11.3 Å². The summed E-state index contributed by atoms with van der Waals surface area (Å²) in [5.41, 5.74) is 6.77. The van der Waals surface area contributed by atoms with Gasteiger partial charge in [-0.25, -0.2) is 0 Å². The molecule has 1 aromatic rings. The van der Waals surface area contributed by atoms with Crippen molar-refractivity contribution in [3.63, 3.8) is 0 Å². The average Bonchev–Trinajstić information content (AvgIpc) is 2.75. The van der Waals surface area contributed by atoms with E-state index >= 15 is 0 Å². The van der Waals surface area contributed by atoms with Crippen molar-refractivity contribution in [1.82, 2.24) is 4.90 Å². The first-order valence-electron chi connectivity index (χ1n) is 7.02. The average molecular weight is 301 g/mol. The van der Waals surface area contributed by atoms with Gasteiger partial charge in [0.1, 0.15) is 0 Å². The highest BCUT2D eigenvalue weighted by Gasteiger charge is 2.40. The highest BCUT2D eigenvalue weighted by molar-refractivity contribution is 7.16. The largest absolute Gasteiger partial charge is 0.329 e. The lowest BCUT2D eigenvalue weighted by molar-refractivity contribution is 0.0370. The smallest absolute Gasteiger partial charge is 0.0931 e. The zero-order valence-corrected chi connectivity index (χ0v) is 13.8. The molecule has 0 aliphatic heterocycles. The minimum absolute atomic E-state index is 0.173. The zero-order valence-electron chi connectivity index (χ0n) is 12.2. The molecule has 2 N–H and O–H groups in total. The predicted molar refractivity (Wildman–Crippen MR) is 84.8 cm³/mol. The van der Waals surface area contributed by atoms with E-state index in [-0.39, 0.29) is 5.54 Å². The Balaban J connectivity index is 2.05. The van der Waals surface area contributed by atoms with E-state index in [1.165, 1.54) is 30.6 Å². The van der Waals surface area contributed by atoms with Crippen molar-refractivity contribution in [2.75, 3.05) is 13.6 Å². The summed E-state index contributed by atoms with van der Waals surface area (Å²) in [6, 6.07) is 4.11. The van der Waals surface area contributed by atoms with Crippen LogP contribution in [0.5, 0.6) is 0 Å². The molecule has 0 saturated heterocycles. The second-order valence-electron chi connectivity index (χ2n) is 6.65. The van der Waals surface area contributed by atoms with Crippen molar-refractivity contribution in [2.24, 2.45) is 11.1 Å². The van der Waals surface area contributed by atoms with Gasteiger partial charge in [-0.1, -0.05) is 25.4 Å². The van der Waals surface area contributed by atoms with Gasteiger partial charge in [-0.3, -0.25) is 4.90 Å². The van der Waals surface area contributed by atoms with E-state index in [9.17, 15) is 0 Å². The summed E-state index contributed by atoms with van der Waals surface area (Å²) in [4.78, 5) is 3.77. The SMILES string of the molecule is CN(Cc1ccc(Cl)s1)C1(CN)CCC(C)(C)CC1. The second kappa shape index (κ2) is 5.72. The maximum Gasteiger partial charge on any atom is 0.0931 e. The van der Waals surface area contributed by atoms with Gasteiger partial charge in [-0.2, -0.15) is 0 Å². The van der Waals surface area contributed by atoms with Gasteiger partial charge in [-0.05, 0) is 50.3 Å². The molecular weight excluding hydrogens is 276 g/mol. The van der Waals surface area contributed by atoms with Crippen LogP contribution in [0.15, 0.2) is 12.1 Å². The van der Waals surface area contributed by atoms with Crippen LogP contribution in [0.2, 0.25) is 4.34 Å². The zero-order chi connectivity index (χ0) is 14.1. The van der Waals surface area contributed by atoms with Crippen LogP contribution in [-0.2, 0) is 6.54 Å². The molecule has 0 atom stereocenters. The number of hydrogen-bond donors (Lipinski definition) is 1. The first-order valence-corrected chi connectivity index (χ1v) is 8.22. The summed E-state index contributed by atoms with van der Waals surface area (Å²) in [7, 11) is 2.21. The second-order valence-corrected chi connectivity index (χ2v) is 8.45. The number of halogens is 1. The van der Waals surface area contributed by atoms with E-state index in [0.717, 1.165) is 17.4 Å². The highest BCUT2D eigenvalue weighted by atomic mass is 35.5. The fourth-order valence-corrected chi connectivity index (χ4v) is 4.11. The standard InChI is InChI=1S/C15H25ClN2S/c1-14(2)6-8-15(11-17,9-7-14)18(3)10-12-4-5-13(16)19-12/h4-5H,6-11,17H2,1-3H3. The van der Waals surface area contributed by atoms with Crippen LogP contribution in [0, 0.1) is 5.41 Å². The minimum atomic E-state index is 0.173. The molecule has 0 amide bonds. The summed E-state index contributed by atoms with van der Waals surface area (Å²) >= 11 is 7.68. The fraction of sp³-hybridized carbons (Fsp3) is 0.733. The Bertz CT molecular complexity index is 418. The first kappa shape index (κ1) is 15.3. The maximum absolute atomic E-state index is 6.12. The molecule has 1 saturated carbocycles. The third-order valence-corrected chi connectivity index (χ3v) is 5.96. The van der Waals surface area contributed by atoms with E-state index in [4.69, 9.17) is 17.3 Å². The van der Waals surface area contributed by atoms with Crippen molar-refractivity contribution in [3.8, 4) is 0 Å². The molecule has 108 valence electrons. The number of hydrogen-bond acceptors (Lipinski definition) is 3. The fourth-order valence-electron chi connectivity index (χ4n) is 2.97. The molecule has 0 unspecified atom stereocenters. The molecular formula is C15H25ClN2S. The molecule has 0 spiro atoms. The van der Waals surface area contributed by atoms with Gasteiger partial charge in [0.05, 0.1) is 4.34 Å². The minimum Gasteiger partial charge on any atom is -0.329 e. The molecule has 1 aromatic heterocycles. The summed E-state index contributed by atoms with van der Waals surface area (Å²) in [5, 5.41) is 0. The van der Waals surface area contributed by atoms with Crippen molar-refractivity contribution >= 4 is 22.9 Å². The van der Waals surface area contributed by atoms with Crippen molar-refractivity contribution in [1.29, 1.82) is 0 Å². The predicted octanol–water partition coefficient (Wildman–Crippen LogP) is 4.13. The van der Waals surface area contributed by atoms with E-state index in [1.807, 2.05) is 6.07 Å². The van der Waals surface area contributed by atoms with Gasteiger partial charge < -0.3 is 5.73 Å². The maximum atomic E-state index is 6.12. The molecule has 19 heavy (non-hydrogen) atoms. The van der Waals surface area contributed by atoms with Crippen LogP contribution < -0.4 is 5.73 Å². The Morgan fingerprint density at radius 2 is 1.89 bits per heavy atom. The Hall–Kier alpha value is -0.0900. The van der Waals surface area contributed by atoms with Crippen LogP contribution in [0.1, 0.15) is 44.4 Å². The molecule has 1 aliphatic carbocycles. The van der Waals surface area contributed by atoms with E-state index in [1.54, 1.807) is 11.3 Å². The quantitative estimate of drug-likeness (QED) is 0.906. The lowest BCUT2D eigenvalue weighted by Gasteiger charge is -2.48. The third-order valence-electron chi connectivity index (χ3n) is 4.75. The van der Waals surface area contributed by atoms with Crippen LogP contribution in [-0.4, -0.2) is 24.0 Å². The van der Waals surface area contributed by atoms with Crippen LogP contribution >= 0.6 is 22.9 Å². The summed E-state index contributed by atoms with van der Waals surface area (Å²) < 4.78 is 0.870. The van der Waals surface area contributed by atoms with Crippen LogP contribution in [0.4, 0.5) is 0 Å². The summed E-state index contributed by atoms with van der Waals surface area (Å²) in [6.07, 6.45) is 4.93. The number of likely N-dealkylation sites (N-methyl/N-ethyl adjacent to an activating group) is 1. The van der Waals surface area contributed by atoms with Gasteiger partial charge in [0.15, 0.2) is 0 Å². The molecule has 2 rings (SSSR count). The number of thiophene rings is 1. The molecule has 1 fully saturated rings. The first-order chi connectivity index (χ1) is 8.87. The van der Waals surface area contributed by atoms with Crippen molar-refractivity contribution < 1.29 is 0 Å².